The van der Waals surface area contributed by atoms with Crippen molar-refractivity contribution in [2.45, 2.75) is 19.8 Å². The van der Waals surface area contributed by atoms with Crippen LogP contribution in [0.2, 0.25) is 0 Å². The minimum absolute atomic E-state index is 0.0255. The van der Waals surface area contributed by atoms with Crippen molar-refractivity contribution in [2.75, 3.05) is 13.2 Å². The molecule has 0 spiro atoms. The molecule has 0 radical (unpaired) electrons. The molecule has 1 heterocycles. The average molecular weight is 169 g/mol. The third-order valence-corrected chi connectivity index (χ3v) is 2.27. The van der Waals surface area contributed by atoms with Gasteiger partial charge in [0.25, 0.3) is 0 Å². The van der Waals surface area contributed by atoms with Crippen LogP contribution in [-0.2, 0) is 4.79 Å². The molecule has 0 aromatic carbocycles. The number of amides is 1. The number of nitrogens with zero attached hydrogens (tertiary/aromatic N) is 1. The van der Waals surface area contributed by atoms with E-state index in [4.69, 9.17) is 5.11 Å². The molecule has 1 rings (SSSR count). The van der Waals surface area contributed by atoms with E-state index in [9.17, 15) is 4.79 Å². The SMILES string of the molecule is C=C1CC(CCO)C(=O)N1CC. The first-order valence-electron chi connectivity index (χ1n) is 4.30. The lowest BCUT2D eigenvalue weighted by Crippen LogP contribution is -2.26. The highest BCUT2D eigenvalue weighted by atomic mass is 16.3. The van der Waals surface area contributed by atoms with Crippen LogP contribution >= 0.6 is 0 Å². The zero-order chi connectivity index (χ0) is 9.14. The Labute approximate surface area is 72.7 Å². The molecular weight excluding hydrogens is 154 g/mol. The standard InChI is InChI=1S/C9H15NO2/c1-3-10-7(2)6-8(4-5-11)9(10)12/h8,11H,2-6H2,1H3. The van der Waals surface area contributed by atoms with Crippen LogP contribution < -0.4 is 0 Å². The monoisotopic (exact) mass is 169 g/mol. The summed E-state index contributed by atoms with van der Waals surface area (Å²) in [7, 11) is 0. The maximum absolute atomic E-state index is 11.5. The Bertz CT molecular complexity index is 201. The van der Waals surface area contributed by atoms with Gasteiger partial charge in [-0.2, -0.15) is 0 Å². The Morgan fingerprint density at radius 1 is 1.75 bits per heavy atom. The van der Waals surface area contributed by atoms with Crippen molar-refractivity contribution in [2.24, 2.45) is 5.92 Å². The van der Waals surface area contributed by atoms with Gasteiger partial charge in [0.05, 0.1) is 0 Å². The van der Waals surface area contributed by atoms with Gasteiger partial charge in [-0.3, -0.25) is 4.79 Å². The highest BCUT2D eigenvalue weighted by Crippen LogP contribution is 2.28. The summed E-state index contributed by atoms with van der Waals surface area (Å²) in [6.07, 6.45) is 1.28. The summed E-state index contributed by atoms with van der Waals surface area (Å²) < 4.78 is 0. The van der Waals surface area contributed by atoms with E-state index < -0.39 is 0 Å². The van der Waals surface area contributed by atoms with Gasteiger partial charge in [-0.25, -0.2) is 0 Å². The van der Waals surface area contributed by atoms with Crippen LogP contribution in [0.25, 0.3) is 0 Å². The second-order valence-corrected chi connectivity index (χ2v) is 3.06. The van der Waals surface area contributed by atoms with Crippen LogP contribution in [-0.4, -0.2) is 29.1 Å². The molecule has 3 nitrogen and oxygen atoms in total. The Morgan fingerprint density at radius 3 is 2.83 bits per heavy atom. The number of hydrogen-bond donors (Lipinski definition) is 1. The number of rotatable bonds is 3. The average Bonchev–Trinajstić information content (AvgIpc) is 2.29. The molecule has 0 aromatic heterocycles. The fraction of sp³-hybridized carbons (Fsp3) is 0.667. The zero-order valence-corrected chi connectivity index (χ0v) is 7.42. The molecule has 0 aromatic rings. The van der Waals surface area contributed by atoms with E-state index in [0.717, 1.165) is 5.70 Å². The molecule has 1 fully saturated rings. The van der Waals surface area contributed by atoms with Gasteiger partial charge in [0.2, 0.25) is 5.91 Å². The molecular formula is C9H15NO2. The van der Waals surface area contributed by atoms with Gasteiger partial charge in [0.1, 0.15) is 0 Å². The minimum atomic E-state index is -0.0255. The minimum Gasteiger partial charge on any atom is -0.396 e. The quantitative estimate of drug-likeness (QED) is 0.677. The van der Waals surface area contributed by atoms with Gasteiger partial charge < -0.3 is 10.0 Å². The molecule has 1 amide bonds. The third kappa shape index (κ3) is 1.50. The van der Waals surface area contributed by atoms with Crippen molar-refractivity contribution >= 4 is 5.91 Å². The number of allylic oxidation sites excluding steroid dienone is 1. The Morgan fingerprint density at radius 2 is 2.42 bits per heavy atom. The van der Waals surface area contributed by atoms with Crippen LogP contribution in [0, 0.1) is 5.92 Å². The first-order chi connectivity index (χ1) is 5.70. The van der Waals surface area contributed by atoms with Crippen molar-refractivity contribution in [1.82, 2.24) is 4.90 Å². The summed E-state index contributed by atoms with van der Waals surface area (Å²) >= 11 is 0. The van der Waals surface area contributed by atoms with E-state index >= 15 is 0 Å². The molecule has 68 valence electrons. The van der Waals surface area contributed by atoms with Gasteiger partial charge in [-0.15, -0.1) is 0 Å². The maximum Gasteiger partial charge on any atom is 0.230 e. The van der Waals surface area contributed by atoms with Crippen molar-refractivity contribution in [1.29, 1.82) is 0 Å². The summed E-state index contributed by atoms with van der Waals surface area (Å²) in [5.74, 6) is 0.0963. The second kappa shape index (κ2) is 3.72. The van der Waals surface area contributed by atoms with Crippen LogP contribution in [0.4, 0.5) is 0 Å². The van der Waals surface area contributed by atoms with Gasteiger partial charge in [-0.05, 0) is 19.8 Å². The topological polar surface area (TPSA) is 40.5 Å². The number of hydrogen-bond acceptors (Lipinski definition) is 2. The second-order valence-electron chi connectivity index (χ2n) is 3.06. The largest absolute Gasteiger partial charge is 0.396 e. The summed E-state index contributed by atoms with van der Waals surface area (Å²) in [6.45, 7) is 6.53. The number of carbonyl (C=O) groups is 1. The lowest BCUT2D eigenvalue weighted by Gasteiger charge is -2.14. The Kier molecular flexibility index (Phi) is 2.87. The van der Waals surface area contributed by atoms with Crippen molar-refractivity contribution in [3.05, 3.63) is 12.3 Å². The molecule has 1 aliphatic heterocycles. The number of aliphatic hydroxyl groups is 1. The fourth-order valence-electron chi connectivity index (χ4n) is 1.62. The van der Waals surface area contributed by atoms with Crippen LogP contribution in [0.15, 0.2) is 12.3 Å². The predicted octanol–water partition coefficient (Wildman–Crippen LogP) is 0.751. The van der Waals surface area contributed by atoms with Crippen molar-refractivity contribution in [3.8, 4) is 0 Å². The molecule has 12 heavy (non-hydrogen) atoms. The summed E-state index contributed by atoms with van der Waals surface area (Å²) in [4.78, 5) is 13.2. The van der Waals surface area contributed by atoms with Gasteiger partial charge >= 0.3 is 0 Å². The van der Waals surface area contributed by atoms with E-state index in [1.807, 2.05) is 6.92 Å². The smallest absolute Gasteiger partial charge is 0.230 e. The van der Waals surface area contributed by atoms with E-state index in [1.165, 1.54) is 0 Å². The molecule has 1 saturated heterocycles. The molecule has 0 bridgehead atoms. The van der Waals surface area contributed by atoms with Crippen LogP contribution in [0.3, 0.4) is 0 Å². The number of likely N-dealkylation sites (tertiary alicyclic amines) is 1. The van der Waals surface area contributed by atoms with Crippen LogP contribution in [0.5, 0.6) is 0 Å². The van der Waals surface area contributed by atoms with Gasteiger partial charge in [0.15, 0.2) is 0 Å². The molecule has 1 atom stereocenters. The van der Waals surface area contributed by atoms with Gasteiger partial charge in [0, 0.05) is 24.8 Å². The molecule has 0 aliphatic carbocycles. The number of carbonyl (C=O) groups excluding carboxylic acids is 1. The van der Waals surface area contributed by atoms with Crippen LogP contribution in [0.1, 0.15) is 19.8 Å². The molecule has 1 unspecified atom stereocenters. The van der Waals surface area contributed by atoms with E-state index in [0.29, 0.717) is 19.4 Å². The zero-order valence-electron chi connectivity index (χ0n) is 7.42. The summed E-state index contributed by atoms with van der Waals surface area (Å²) in [5.41, 5.74) is 0.890. The van der Waals surface area contributed by atoms with Gasteiger partial charge in [-0.1, -0.05) is 6.58 Å². The maximum atomic E-state index is 11.5. The van der Waals surface area contributed by atoms with E-state index in [2.05, 4.69) is 6.58 Å². The Balaban J connectivity index is 2.62. The lowest BCUT2D eigenvalue weighted by molar-refractivity contribution is -0.130. The third-order valence-electron chi connectivity index (χ3n) is 2.27. The summed E-state index contributed by atoms with van der Waals surface area (Å²) in [6, 6.07) is 0. The molecule has 0 saturated carbocycles. The number of aliphatic hydroxyl groups excluding tert-OH is 1. The lowest BCUT2D eigenvalue weighted by atomic mass is 10.0. The van der Waals surface area contributed by atoms with E-state index in [1.54, 1.807) is 4.90 Å². The van der Waals surface area contributed by atoms with E-state index in [-0.39, 0.29) is 18.4 Å². The van der Waals surface area contributed by atoms with Crippen molar-refractivity contribution < 1.29 is 9.90 Å². The first kappa shape index (κ1) is 9.26. The fourth-order valence-corrected chi connectivity index (χ4v) is 1.62. The first-order valence-corrected chi connectivity index (χ1v) is 4.30. The van der Waals surface area contributed by atoms with Crippen molar-refractivity contribution in [3.63, 3.8) is 0 Å². The molecule has 1 N–H and O–H groups in total. The molecule has 1 aliphatic rings. The summed E-state index contributed by atoms with van der Waals surface area (Å²) in [5, 5.41) is 8.69. The normalized spacial score (nSPS) is 23.8. The highest BCUT2D eigenvalue weighted by Gasteiger charge is 2.32. The molecule has 3 heteroatoms. The predicted molar refractivity (Wildman–Crippen MR) is 46.3 cm³/mol. The Hall–Kier alpha value is -0.830. The highest BCUT2D eigenvalue weighted by molar-refractivity contribution is 5.83.